The lowest BCUT2D eigenvalue weighted by molar-refractivity contribution is 0.472. The molecule has 0 aromatic rings. The minimum Gasteiger partial charge on any atom is -0.341 e. The zero-order valence-electron chi connectivity index (χ0n) is 8.75. The van der Waals surface area contributed by atoms with Gasteiger partial charge in [-0.1, -0.05) is 13.8 Å². The third-order valence-electron chi connectivity index (χ3n) is 2.72. The SMILES string of the molecule is CCN=C(NN)N1CC(C)C(C)C1. The predicted molar refractivity (Wildman–Crippen MR) is 55.2 cm³/mol. The first-order chi connectivity index (χ1) is 6.19. The van der Waals surface area contributed by atoms with E-state index in [1.165, 1.54) is 0 Å². The van der Waals surface area contributed by atoms with Crippen molar-refractivity contribution in [3.05, 3.63) is 0 Å². The van der Waals surface area contributed by atoms with Crippen LogP contribution in [0.5, 0.6) is 0 Å². The Balaban J connectivity index is 2.57. The fourth-order valence-corrected chi connectivity index (χ4v) is 1.69. The van der Waals surface area contributed by atoms with Gasteiger partial charge in [0.05, 0.1) is 0 Å². The third-order valence-corrected chi connectivity index (χ3v) is 2.72. The van der Waals surface area contributed by atoms with Crippen molar-refractivity contribution in [3.8, 4) is 0 Å². The second kappa shape index (κ2) is 4.46. The van der Waals surface area contributed by atoms with Crippen molar-refractivity contribution in [1.82, 2.24) is 10.3 Å². The number of nitrogens with zero attached hydrogens (tertiary/aromatic N) is 2. The molecule has 0 radical (unpaired) electrons. The van der Waals surface area contributed by atoms with E-state index in [-0.39, 0.29) is 0 Å². The average molecular weight is 184 g/mol. The lowest BCUT2D eigenvalue weighted by Gasteiger charge is -2.19. The van der Waals surface area contributed by atoms with E-state index in [4.69, 9.17) is 5.84 Å². The van der Waals surface area contributed by atoms with Crippen LogP contribution in [0.1, 0.15) is 20.8 Å². The van der Waals surface area contributed by atoms with Crippen LogP contribution in [-0.2, 0) is 0 Å². The summed E-state index contributed by atoms with van der Waals surface area (Å²) in [7, 11) is 0. The van der Waals surface area contributed by atoms with Gasteiger partial charge in [0.15, 0.2) is 0 Å². The number of hydrazine groups is 1. The van der Waals surface area contributed by atoms with Crippen LogP contribution in [-0.4, -0.2) is 30.5 Å². The Kier molecular flexibility index (Phi) is 3.54. The summed E-state index contributed by atoms with van der Waals surface area (Å²) < 4.78 is 0. The van der Waals surface area contributed by atoms with Gasteiger partial charge < -0.3 is 4.90 Å². The zero-order valence-corrected chi connectivity index (χ0v) is 8.75. The number of likely N-dealkylation sites (tertiary alicyclic amines) is 1. The fraction of sp³-hybridized carbons (Fsp3) is 0.889. The number of nitrogens with two attached hydrogens (primary N) is 1. The molecule has 76 valence electrons. The molecule has 0 amide bonds. The van der Waals surface area contributed by atoms with Gasteiger partial charge in [0.25, 0.3) is 0 Å². The molecule has 0 aromatic heterocycles. The highest BCUT2D eigenvalue weighted by Crippen LogP contribution is 2.21. The molecule has 0 saturated carbocycles. The van der Waals surface area contributed by atoms with Crippen molar-refractivity contribution >= 4 is 5.96 Å². The van der Waals surface area contributed by atoms with Gasteiger partial charge in [-0.3, -0.25) is 10.4 Å². The van der Waals surface area contributed by atoms with Crippen LogP contribution in [0.4, 0.5) is 0 Å². The molecule has 0 aliphatic carbocycles. The summed E-state index contributed by atoms with van der Waals surface area (Å²) in [6.45, 7) is 9.45. The fourth-order valence-electron chi connectivity index (χ4n) is 1.69. The molecule has 0 bridgehead atoms. The summed E-state index contributed by atoms with van der Waals surface area (Å²) in [5.74, 6) is 7.70. The summed E-state index contributed by atoms with van der Waals surface area (Å²) in [4.78, 5) is 6.52. The van der Waals surface area contributed by atoms with Crippen LogP contribution in [0.2, 0.25) is 0 Å². The Morgan fingerprint density at radius 3 is 2.38 bits per heavy atom. The molecule has 4 heteroatoms. The van der Waals surface area contributed by atoms with E-state index in [2.05, 4.69) is 29.2 Å². The molecule has 1 heterocycles. The van der Waals surface area contributed by atoms with Crippen molar-refractivity contribution < 1.29 is 0 Å². The molecule has 4 nitrogen and oxygen atoms in total. The predicted octanol–water partition coefficient (Wildman–Crippen LogP) is 0.413. The summed E-state index contributed by atoms with van der Waals surface area (Å²) in [5, 5.41) is 0. The summed E-state index contributed by atoms with van der Waals surface area (Å²) in [6, 6.07) is 0. The van der Waals surface area contributed by atoms with E-state index in [1.807, 2.05) is 6.92 Å². The smallest absolute Gasteiger partial charge is 0.208 e. The van der Waals surface area contributed by atoms with Crippen LogP contribution in [0, 0.1) is 11.8 Å². The van der Waals surface area contributed by atoms with E-state index in [9.17, 15) is 0 Å². The Morgan fingerprint density at radius 1 is 1.46 bits per heavy atom. The number of aliphatic imine (C=N–C) groups is 1. The highest BCUT2D eigenvalue weighted by molar-refractivity contribution is 5.79. The van der Waals surface area contributed by atoms with Crippen LogP contribution < -0.4 is 11.3 Å². The Morgan fingerprint density at radius 2 is 2.00 bits per heavy atom. The first-order valence-corrected chi connectivity index (χ1v) is 4.95. The second-order valence-corrected chi connectivity index (χ2v) is 3.80. The van der Waals surface area contributed by atoms with E-state index >= 15 is 0 Å². The quantitative estimate of drug-likeness (QED) is 0.269. The standard InChI is InChI=1S/C9H20N4/c1-4-11-9(12-10)13-5-7(2)8(3)6-13/h7-8H,4-6,10H2,1-3H3,(H,11,12). The summed E-state index contributed by atoms with van der Waals surface area (Å²) >= 11 is 0. The van der Waals surface area contributed by atoms with Gasteiger partial charge >= 0.3 is 0 Å². The van der Waals surface area contributed by atoms with Crippen LogP contribution >= 0.6 is 0 Å². The molecular formula is C9H20N4. The molecule has 3 N–H and O–H groups in total. The lowest BCUT2D eigenvalue weighted by atomic mass is 10.0. The summed E-state index contributed by atoms with van der Waals surface area (Å²) in [6.07, 6.45) is 0. The monoisotopic (exact) mass is 184 g/mol. The Labute approximate surface area is 80.2 Å². The highest BCUT2D eigenvalue weighted by Gasteiger charge is 2.27. The number of rotatable bonds is 1. The first-order valence-electron chi connectivity index (χ1n) is 4.95. The molecule has 13 heavy (non-hydrogen) atoms. The second-order valence-electron chi connectivity index (χ2n) is 3.80. The van der Waals surface area contributed by atoms with Crippen molar-refractivity contribution in [1.29, 1.82) is 0 Å². The zero-order chi connectivity index (χ0) is 9.84. The van der Waals surface area contributed by atoms with Gasteiger partial charge in [0.2, 0.25) is 5.96 Å². The van der Waals surface area contributed by atoms with Gasteiger partial charge in [-0.05, 0) is 18.8 Å². The molecular weight excluding hydrogens is 164 g/mol. The van der Waals surface area contributed by atoms with Crippen molar-refractivity contribution in [2.45, 2.75) is 20.8 Å². The lowest BCUT2D eigenvalue weighted by Crippen LogP contribution is -2.43. The minimum absolute atomic E-state index is 0.732. The highest BCUT2D eigenvalue weighted by atomic mass is 15.4. The van der Waals surface area contributed by atoms with E-state index in [0.717, 1.165) is 37.4 Å². The molecule has 0 spiro atoms. The normalized spacial score (nSPS) is 29.5. The van der Waals surface area contributed by atoms with Crippen molar-refractivity contribution in [2.24, 2.45) is 22.7 Å². The van der Waals surface area contributed by atoms with Crippen LogP contribution in [0.25, 0.3) is 0 Å². The van der Waals surface area contributed by atoms with E-state index in [0.29, 0.717) is 0 Å². The topological polar surface area (TPSA) is 53.6 Å². The van der Waals surface area contributed by atoms with Gasteiger partial charge in [-0.15, -0.1) is 0 Å². The van der Waals surface area contributed by atoms with Crippen molar-refractivity contribution in [2.75, 3.05) is 19.6 Å². The van der Waals surface area contributed by atoms with Gasteiger partial charge in [-0.2, -0.15) is 0 Å². The van der Waals surface area contributed by atoms with Gasteiger partial charge in [0, 0.05) is 19.6 Å². The molecule has 2 atom stereocenters. The maximum atomic E-state index is 5.41. The average Bonchev–Trinajstić information content (AvgIpc) is 2.43. The Hall–Kier alpha value is -0.770. The minimum atomic E-state index is 0.732. The Bertz CT molecular complexity index is 180. The van der Waals surface area contributed by atoms with E-state index in [1.54, 1.807) is 0 Å². The third kappa shape index (κ3) is 2.34. The maximum absolute atomic E-state index is 5.41. The van der Waals surface area contributed by atoms with Gasteiger partial charge in [-0.25, -0.2) is 5.84 Å². The number of hydrogen-bond acceptors (Lipinski definition) is 2. The molecule has 1 aliphatic heterocycles. The number of nitrogens with one attached hydrogen (secondary N) is 1. The molecule has 1 rings (SSSR count). The first kappa shape index (κ1) is 10.3. The number of hydrogen-bond donors (Lipinski definition) is 2. The number of guanidine groups is 1. The molecule has 1 saturated heterocycles. The van der Waals surface area contributed by atoms with Crippen LogP contribution in [0.15, 0.2) is 4.99 Å². The molecule has 1 fully saturated rings. The molecule has 1 aliphatic rings. The largest absolute Gasteiger partial charge is 0.341 e. The molecule has 2 unspecified atom stereocenters. The maximum Gasteiger partial charge on any atom is 0.208 e. The van der Waals surface area contributed by atoms with Crippen LogP contribution in [0.3, 0.4) is 0 Å². The van der Waals surface area contributed by atoms with E-state index < -0.39 is 0 Å². The van der Waals surface area contributed by atoms with Crippen molar-refractivity contribution in [3.63, 3.8) is 0 Å². The van der Waals surface area contributed by atoms with Gasteiger partial charge in [0.1, 0.15) is 0 Å². The molecule has 0 aromatic carbocycles. The summed E-state index contributed by atoms with van der Waals surface area (Å²) in [5.41, 5.74) is 2.66.